The van der Waals surface area contributed by atoms with Crippen LogP contribution < -0.4 is 5.56 Å². The number of carbonyl (C=O) groups is 1. The van der Waals surface area contributed by atoms with E-state index in [1.165, 1.54) is 11.8 Å². The lowest BCUT2D eigenvalue weighted by atomic mass is 10.1. The van der Waals surface area contributed by atoms with Gasteiger partial charge in [-0.2, -0.15) is 17.0 Å². The van der Waals surface area contributed by atoms with Crippen LogP contribution in [0.3, 0.4) is 0 Å². The van der Waals surface area contributed by atoms with Crippen LogP contribution in [0.25, 0.3) is 10.9 Å². The third kappa shape index (κ3) is 3.67. The molecule has 1 heterocycles. The lowest BCUT2D eigenvalue weighted by molar-refractivity contribution is -0.117. The van der Waals surface area contributed by atoms with E-state index < -0.39 is 5.92 Å². The van der Waals surface area contributed by atoms with Crippen molar-refractivity contribution in [1.82, 2.24) is 9.97 Å². The molecule has 0 spiro atoms. The van der Waals surface area contributed by atoms with Gasteiger partial charge in [0, 0.05) is 5.02 Å². The molecule has 0 bridgehead atoms. The number of Topliss-reactive ketones (excluding diaryl/α,β-unsaturated/α-hetero) is 1. The number of nitrogens with zero attached hydrogens (tertiary/aromatic N) is 2. The zero-order valence-electron chi connectivity index (χ0n) is 11.9. The third-order valence-corrected chi connectivity index (χ3v) is 4.42. The third-order valence-electron chi connectivity index (χ3n) is 3.00. The van der Waals surface area contributed by atoms with Crippen LogP contribution in [0.4, 0.5) is 0 Å². The molecule has 5 nitrogen and oxygen atoms in total. The molecule has 1 aromatic heterocycles. The molecule has 0 radical (unpaired) electrons. The van der Waals surface area contributed by atoms with Gasteiger partial charge in [0.05, 0.1) is 22.7 Å². The molecule has 0 aliphatic heterocycles. The van der Waals surface area contributed by atoms with E-state index in [4.69, 9.17) is 11.6 Å². The van der Waals surface area contributed by atoms with Gasteiger partial charge in [0.1, 0.15) is 5.82 Å². The highest BCUT2D eigenvalue weighted by atomic mass is 35.5. The zero-order chi connectivity index (χ0) is 16.1. The first-order valence-electron chi connectivity index (χ1n) is 6.76. The molecule has 2 rings (SSSR count). The van der Waals surface area contributed by atoms with Crippen LogP contribution in [0.1, 0.15) is 25.1 Å². The number of ketones is 1. The highest BCUT2D eigenvalue weighted by Gasteiger charge is 2.23. The topological polar surface area (TPSA) is 86.6 Å². The zero-order valence-corrected chi connectivity index (χ0v) is 13.5. The van der Waals surface area contributed by atoms with Crippen LogP contribution >= 0.6 is 23.4 Å². The molecule has 0 aliphatic carbocycles. The predicted molar refractivity (Wildman–Crippen MR) is 88.4 cm³/mol. The maximum absolute atomic E-state index is 12.1. The van der Waals surface area contributed by atoms with E-state index in [1.54, 1.807) is 18.2 Å². The van der Waals surface area contributed by atoms with E-state index in [1.807, 2.05) is 13.0 Å². The Morgan fingerprint density at radius 1 is 1.55 bits per heavy atom. The number of H-pyrrole nitrogens is 1. The van der Waals surface area contributed by atoms with Gasteiger partial charge < -0.3 is 4.98 Å². The molecule has 1 atom stereocenters. The van der Waals surface area contributed by atoms with Gasteiger partial charge in [-0.3, -0.25) is 9.59 Å². The Morgan fingerprint density at radius 2 is 2.32 bits per heavy atom. The van der Waals surface area contributed by atoms with Crippen molar-refractivity contribution >= 4 is 40.0 Å². The van der Waals surface area contributed by atoms with Crippen molar-refractivity contribution in [2.75, 3.05) is 11.5 Å². The van der Waals surface area contributed by atoms with E-state index in [2.05, 4.69) is 9.97 Å². The minimum atomic E-state index is -1.07. The standard InChI is InChI=1S/C15H14ClN3O2S/c1-2-5-22-8-13(20)11(7-17)14-18-12-6-9(16)3-4-10(12)15(21)19-14/h3-4,6,11H,2,5,8H2,1H3,(H,18,19,21)/t11-/m1/s1. The first kappa shape index (κ1) is 16.5. The highest BCUT2D eigenvalue weighted by molar-refractivity contribution is 7.99. The molecule has 0 unspecified atom stereocenters. The first-order valence-corrected chi connectivity index (χ1v) is 8.29. The first-order chi connectivity index (χ1) is 10.6. The summed E-state index contributed by atoms with van der Waals surface area (Å²) in [6.07, 6.45) is 0.957. The van der Waals surface area contributed by atoms with Gasteiger partial charge in [0.15, 0.2) is 11.7 Å². The average molecular weight is 336 g/mol. The quantitative estimate of drug-likeness (QED) is 0.820. The van der Waals surface area contributed by atoms with Crippen LogP contribution in [0.5, 0.6) is 0 Å². The van der Waals surface area contributed by atoms with Crippen molar-refractivity contribution in [3.8, 4) is 6.07 Å². The summed E-state index contributed by atoms with van der Waals surface area (Å²) in [5.74, 6) is -0.180. The maximum atomic E-state index is 12.1. The summed E-state index contributed by atoms with van der Waals surface area (Å²) in [6, 6.07) is 6.62. The van der Waals surface area contributed by atoms with E-state index in [0.717, 1.165) is 12.2 Å². The molecule has 22 heavy (non-hydrogen) atoms. The van der Waals surface area contributed by atoms with Crippen LogP contribution in [-0.2, 0) is 4.79 Å². The Kier molecular flexibility index (Phi) is 5.58. The summed E-state index contributed by atoms with van der Waals surface area (Å²) in [6.45, 7) is 2.02. The van der Waals surface area contributed by atoms with Crippen molar-refractivity contribution < 1.29 is 4.79 Å². The normalized spacial score (nSPS) is 12.0. The van der Waals surface area contributed by atoms with Crippen molar-refractivity contribution in [2.24, 2.45) is 0 Å². The van der Waals surface area contributed by atoms with Gasteiger partial charge in [-0.1, -0.05) is 18.5 Å². The van der Waals surface area contributed by atoms with E-state index in [0.29, 0.717) is 15.9 Å². The Morgan fingerprint density at radius 3 is 3.00 bits per heavy atom. The fourth-order valence-corrected chi connectivity index (χ4v) is 2.92. The Labute approximate surface area is 136 Å². The molecule has 0 saturated carbocycles. The van der Waals surface area contributed by atoms with Gasteiger partial charge in [-0.15, -0.1) is 0 Å². The van der Waals surface area contributed by atoms with Crippen molar-refractivity contribution in [3.05, 3.63) is 39.4 Å². The maximum Gasteiger partial charge on any atom is 0.258 e. The molecule has 114 valence electrons. The number of benzene rings is 1. The van der Waals surface area contributed by atoms with Crippen molar-refractivity contribution in [2.45, 2.75) is 19.3 Å². The number of fused-ring (bicyclic) bond motifs is 1. The summed E-state index contributed by atoms with van der Waals surface area (Å²) < 4.78 is 0. The monoisotopic (exact) mass is 335 g/mol. The molecule has 2 aromatic rings. The fourth-order valence-electron chi connectivity index (χ4n) is 1.95. The summed E-state index contributed by atoms with van der Waals surface area (Å²) in [5.41, 5.74) is -0.00793. The molecule has 7 heteroatoms. The molecule has 1 N–H and O–H groups in total. The second kappa shape index (κ2) is 7.43. The number of aromatic nitrogens is 2. The fraction of sp³-hybridized carbons (Fsp3) is 0.333. The van der Waals surface area contributed by atoms with Crippen LogP contribution in [0.2, 0.25) is 5.02 Å². The van der Waals surface area contributed by atoms with Crippen molar-refractivity contribution in [3.63, 3.8) is 0 Å². The minimum Gasteiger partial charge on any atom is -0.308 e. The summed E-state index contributed by atoms with van der Waals surface area (Å²) in [7, 11) is 0. The van der Waals surface area contributed by atoms with Crippen LogP contribution in [0.15, 0.2) is 23.0 Å². The second-order valence-corrected chi connectivity index (χ2v) is 6.24. The van der Waals surface area contributed by atoms with E-state index >= 15 is 0 Å². The van der Waals surface area contributed by atoms with Crippen LogP contribution in [-0.4, -0.2) is 27.3 Å². The number of hydrogen-bond donors (Lipinski definition) is 1. The lowest BCUT2D eigenvalue weighted by Gasteiger charge is -2.08. The molecule has 0 aliphatic rings. The van der Waals surface area contributed by atoms with E-state index in [-0.39, 0.29) is 22.9 Å². The van der Waals surface area contributed by atoms with Gasteiger partial charge in [0.25, 0.3) is 5.56 Å². The summed E-state index contributed by atoms with van der Waals surface area (Å²) >= 11 is 7.36. The summed E-state index contributed by atoms with van der Waals surface area (Å²) in [5, 5.41) is 10.1. The number of nitriles is 1. The number of hydrogen-bond acceptors (Lipinski definition) is 5. The second-order valence-electron chi connectivity index (χ2n) is 4.69. The largest absolute Gasteiger partial charge is 0.308 e. The SMILES string of the molecule is CCCSCC(=O)[C@@H](C#N)c1nc2cc(Cl)ccc2c(=O)[nH]1. The smallest absolute Gasteiger partial charge is 0.258 e. The molecule has 1 aromatic carbocycles. The van der Waals surface area contributed by atoms with Gasteiger partial charge in [-0.25, -0.2) is 4.98 Å². The van der Waals surface area contributed by atoms with Gasteiger partial charge >= 0.3 is 0 Å². The Hall–Kier alpha value is -1.84. The number of aromatic amines is 1. The van der Waals surface area contributed by atoms with Gasteiger partial charge in [0.2, 0.25) is 0 Å². The molecular formula is C15H14ClN3O2S. The number of thioether (sulfide) groups is 1. The average Bonchev–Trinajstić information content (AvgIpc) is 2.47. The van der Waals surface area contributed by atoms with Crippen molar-refractivity contribution in [1.29, 1.82) is 5.26 Å². The van der Waals surface area contributed by atoms with Crippen LogP contribution in [0, 0.1) is 11.3 Å². The minimum absolute atomic E-state index is 0.0735. The summed E-state index contributed by atoms with van der Waals surface area (Å²) in [4.78, 5) is 30.9. The lowest BCUT2D eigenvalue weighted by Crippen LogP contribution is -2.21. The predicted octanol–water partition coefficient (Wildman–Crippen LogP) is 2.90. The molecule has 0 saturated heterocycles. The highest BCUT2D eigenvalue weighted by Crippen LogP contribution is 2.19. The number of rotatable bonds is 6. The van der Waals surface area contributed by atoms with E-state index in [9.17, 15) is 14.9 Å². The van der Waals surface area contributed by atoms with Gasteiger partial charge in [-0.05, 0) is 30.4 Å². The Balaban J connectivity index is 2.37. The molecule has 0 fully saturated rings. The number of nitrogens with one attached hydrogen (secondary N) is 1. The molecule has 0 amide bonds. The molecular weight excluding hydrogens is 322 g/mol. The number of carbonyl (C=O) groups excluding carboxylic acids is 1. The Bertz CT molecular complexity index is 797. The number of halogens is 1.